The predicted octanol–water partition coefficient (Wildman–Crippen LogP) is 10.8. The molecule has 1 aliphatic heterocycles. The number of nitrogens with one attached hydrogen (secondary N) is 1. The fourth-order valence-electron chi connectivity index (χ4n) is 6.88. The second-order valence-corrected chi connectivity index (χ2v) is 12.0. The molecule has 0 saturated heterocycles. The molecule has 6 aromatic carbocycles. The smallest absolute Gasteiger partial charge is 0.164 e. The molecule has 10 rings (SSSR count). The van der Waals surface area contributed by atoms with E-state index in [1.807, 2.05) is 54.6 Å². The van der Waals surface area contributed by atoms with Gasteiger partial charge in [-0.2, -0.15) is 0 Å². The third-order valence-electron chi connectivity index (χ3n) is 9.13. The molecule has 0 saturated carbocycles. The molecular formula is C42H26N4O2. The largest absolute Gasteiger partial charge is 0.456 e. The van der Waals surface area contributed by atoms with Crippen molar-refractivity contribution in [3.05, 3.63) is 139 Å². The van der Waals surface area contributed by atoms with Gasteiger partial charge in [0.2, 0.25) is 0 Å². The Kier molecular flexibility index (Phi) is 5.84. The number of para-hydroxylation sites is 1. The Morgan fingerprint density at radius 2 is 1.17 bits per heavy atom. The predicted molar refractivity (Wildman–Crippen MR) is 194 cm³/mol. The average Bonchev–Trinajstić information content (AvgIpc) is 3.73. The molecule has 6 heteroatoms. The second kappa shape index (κ2) is 10.5. The maximum absolute atomic E-state index is 6.25. The summed E-state index contributed by atoms with van der Waals surface area (Å²) in [5.41, 5.74) is 8.35. The van der Waals surface area contributed by atoms with Gasteiger partial charge in [0.15, 0.2) is 23.2 Å². The van der Waals surface area contributed by atoms with Gasteiger partial charge in [-0.15, -0.1) is 0 Å². The summed E-state index contributed by atoms with van der Waals surface area (Å²) in [6.45, 7) is 0.724. The minimum absolute atomic E-state index is 0.573. The molecule has 0 fully saturated rings. The number of benzene rings is 6. The summed E-state index contributed by atoms with van der Waals surface area (Å²) in [7, 11) is 0. The van der Waals surface area contributed by atoms with Crippen LogP contribution < -0.4 is 5.32 Å². The maximum Gasteiger partial charge on any atom is 0.164 e. The molecule has 4 heterocycles. The van der Waals surface area contributed by atoms with E-state index in [4.69, 9.17) is 23.8 Å². The standard InChI is InChI=1S/C42H26N4O2/c1-2-9-25(10-3-1)27-20-18-26-19-21-28(24-29(26)23-27)40-44-41(31-12-6-15-34-37(31)30-11-4-5-14-33(30)47-34)46-42(45-40)32-13-7-16-35-38(32)39-36(48-35)17-8-22-43-39/h1-21,23-24,43H,22H2. The summed E-state index contributed by atoms with van der Waals surface area (Å²) in [5, 5.41) is 8.72. The first-order chi connectivity index (χ1) is 23.8. The van der Waals surface area contributed by atoms with Gasteiger partial charge in [0.25, 0.3) is 0 Å². The molecule has 9 aromatic rings. The van der Waals surface area contributed by atoms with Crippen LogP contribution in [0.1, 0.15) is 5.76 Å². The zero-order chi connectivity index (χ0) is 31.6. The van der Waals surface area contributed by atoms with Gasteiger partial charge in [-0.3, -0.25) is 0 Å². The number of rotatable bonds is 4. The van der Waals surface area contributed by atoms with E-state index in [-0.39, 0.29) is 0 Å². The van der Waals surface area contributed by atoms with E-state index in [1.165, 1.54) is 5.56 Å². The Morgan fingerprint density at radius 1 is 0.500 bits per heavy atom. The van der Waals surface area contributed by atoms with Crippen LogP contribution in [-0.2, 0) is 0 Å². The lowest BCUT2D eigenvalue weighted by Crippen LogP contribution is -2.04. The molecular weight excluding hydrogens is 592 g/mol. The van der Waals surface area contributed by atoms with E-state index in [0.717, 1.165) is 83.9 Å². The topological polar surface area (TPSA) is 77.0 Å². The van der Waals surface area contributed by atoms with Crippen LogP contribution in [0, 0.1) is 0 Å². The Bertz CT molecular complexity index is 2740. The van der Waals surface area contributed by atoms with Crippen LogP contribution in [0.25, 0.3) is 95.0 Å². The van der Waals surface area contributed by atoms with Gasteiger partial charge in [0, 0.05) is 34.0 Å². The first-order valence-corrected chi connectivity index (χ1v) is 16.0. The third kappa shape index (κ3) is 4.23. The zero-order valence-corrected chi connectivity index (χ0v) is 25.6. The molecule has 0 radical (unpaired) electrons. The fourth-order valence-corrected chi connectivity index (χ4v) is 6.88. The second-order valence-electron chi connectivity index (χ2n) is 12.0. The van der Waals surface area contributed by atoms with Crippen molar-refractivity contribution in [1.29, 1.82) is 0 Å². The first kappa shape index (κ1) is 26.7. The van der Waals surface area contributed by atoms with Crippen LogP contribution in [-0.4, -0.2) is 21.5 Å². The summed E-state index contributed by atoms with van der Waals surface area (Å²) < 4.78 is 12.5. The number of fused-ring (bicyclic) bond motifs is 7. The van der Waals surface area contributed by atoms with Gasteiger partial charge >= 0.3 is 0 Å². The quantitative estimate of drug-likeness (QED) is 0.211. The number of aromatic nitrogens is 3. The summed E-state index contributed by atoms with van der Waals surface area (Å²) in [4.78, 5) is 15.5. The normalized spacial score (nSPS) is 12.6. The van der Waals surface area contributed by atoms with Crippen LogP contribution in [0.3, 0.4) is 0 Å². The highest BCUT2D eigenvalue weighted by Crippen LogP contribution is 2.41. The van der Waals surface area contributed by atoms with Crippen molar-refractivity contribution in [2.75, 3.05) is 11.9 Å². The van der Waals surface area contributed by atoms with Crippen LogP contribution in [0.5, 0.6) is 0 Å². The van der Waals surface area contributed by atoms with Crippen LogP contribution >= 0.6 is 0 Å². The molecule has 6 nitrogen and oxygen atoms in total. The number of furan rings is 2. The molecule has 48 heavy (non-hydrogen) atoms. The van der Waals surface area contributed by atoms with Crippen LogP contribution in [0.4, 0.5) is 5.69 Å². The highest BCUT2D eigenvalue weighted by atomic mass is 16.3. The van der Waals surface area contributed by atoms with Crippen molar-refractivity contribution >= 4 is 55.4 Å². The fraction of sp³-hybridized carbons (Fsp3) is 0.0238. The Morgan fingerprint density at radius 3 is 2.00 bits per heavy atom. The average molecular weight is 619 g/mol. The molecule has 0 unspecified atom stereocenters. The van der Waals surface area contributed by atoms with Crippen molar-refractivity contribution in [3.8, 4) is 45.3 Å². The summed E-state index contributed by atoms with van der Waals surface area (Å²) in [6.07, 6.45) is 4.08. The van der Waals surface area contributed by atoms with Crippen LogP contribution in [0.2, 0.25) is 0 Å². The zero-order valence-electron chi connectivity index (χ0n) is 25.6. The first-order valence-electron chi connectivity index (χ1n) is 16.0. The lowest BCUT2D eigenvalue weighted by atomic mass is 9.99. The van der Waals surface area contributed by atoms with E-state index in [0.29, 0.717) is 17.5 Å². The van der Waals surface area contributed by atoms with E-state index < -0.39 is 0 Å². The number of hydrogen-bond donors (Lipinski definition) is 1. The van der Waals surface area contributed by atoms with Gasteiger partial charge in [-0.25, -0.2) is 15.0 Å². The maximum atomic E-state index is 6.25. The van der Waals surface area contributed by atoms with Gasteiger partial charge in [-0.05, 0) is 58.3 Å². The van der Waals surface area contributed by atoms with Gasteiger partial charge in [0.1, 0.15) is 16.7 Å². The van der Waals surface area contributed by atoms with E-state index >= 15 is 0 Å². The lowest BCUT2D eigenvalue weighted by Gasteiger charge is -2.12. The number of anilines is 1. The molecule has 0 atom stereocenters. The Labute approximate surface area is 275 Å². The molecule has 1 aliphatic rings. The highest BCUT2D eigenvalue weighted by molar-refractivity contribution is 6.12. The van der Waals surface area contributed by atoms with Crippen molar-refractivity contribution in [2.24, 2.45) is 0 Å². The molecule has 0 bridgehead atoms. The summed E-state index contributed by atoms with van der Waals surface area (Å²) >= 11 is 0. The van der Waals surface area contributed by atoms with E-state index in [9.17, 15) is 0 Å². The molecule has 0 aliphatic carbocycles. The molecule has 1 N–H and O–H groups in total. The number of nitrogens with zero attached hydrogens (tertiary/aromatic N) is 3. The lowest BCUT2D eigenvalue weighted by molar-refractivity contribution is 0.604. The SMILES string of the molecule is C1=Cc2oc3cccc(-c4nc(-c5ccc6ccc(-c7ccccc7)cc6c5)nc(-c5cccc6oc7ccccc7c56)n4)c3c2NC1. The Hall–Kier alpha value is -6.53. The molecule has 0 amide bonds. The summed E-state index contributed by atoms with van der Waals surface area (Å²) in [6, 6.07) is 43.6. The summed E-state index contributed by atoms with van der Waals surface area (Å²) in [5.74, 6) is 2.54. The molecule has 3 aromatic heterocycles. The highest BCUT2D eigenvalue weighted by Gasteiger charge is 2.22. The van der Waals surface area contributed by atoms with Crippen LogP contribution in [0.15, 0.2) is 142 Å². The van der Waals surface area contributed by atoms with Gasteiger partial charge < -0.3 is 14.2 Å². The monoisotopic (exact) mass is 618 g/mol. The van der Waals surface area contributed by atoms with Crippen molar-refractivity contribution in [3.63, 3.8) is 0 Å². The third-order valence-corrected chi connectivity index (χ3v) is 9.13. The van der Waals surface area contributed by atoms with Gasteiger partial charge in [0.05, 0.1) is 11.1 Å². The van der Waals surface area contributed by atoms with Crippen molar-refractivity contribution < 1.29 is 8.83 Å². The van der Waals surface area contributed by atoms with Crippen molar-refractivity contribution in [2.45, 2.75) is 0 Å². The number of hydrogen-bond acceptors (Lipinski definition) is 6. The minimum Gasteiger partial charge on any atom is -0.456 e. The van der Waals surface area contributed by atoms with Crippen molar-refractivity contribution in [1.82, 2.24) is 15.0 Å². The van der Waals surface area contributed by atoms with E-state index in [2.05, 4.69) is 90.3 Å². The molecule has 0 spiro atoms. The minimum atomic E-state index is 0.573. The van der Waals surface area contributed by atoms with Gasteiger partial charge in [-0.1, -0.05) is 103 Å². The Balaban J connectivity index is 1.23. The molecule has 226 valence electrons. The van der Waals surface area contributed by atoms with E-state index in [1.54, 1.807) is 0 Å².